The number of anilines is 1. The number of benzene rings is 1. The highest BCUT2D eigenvalue weighted by Crippen LogP contribution is 2.40. The molecule has 9 nitrogen and oxygen atoms in total. The number of aromatic nitrogens is 1. The zero-order chi connectivity index (χ0) is 21.4. The number of hydrogen-bond acceptors (Lipinski definition) is 7. The van der Waals surface area contributed by atoms with Gasteiger partial charge in [0.2, 0.25) is 0 Å². The van der Waals surface area contributed by atoms with E-state index in [9.17, 15) is 19.8 Å². The van der Waals surface area contributed by atoms with E-state index in [2.05, 4.69) is 11.6 Å². The summed E-state index contributed by atoms with van der Waals surface area (Å²) in [6.45, 7) is 3.66. The van der Waals surface area contributed by atoms with Gasteiger partial charge in [0.1, 0.15) is 6.61 Å². The van der Waals surface area contributed by atoms with Crippen molar-refractivity contribution in [3.05, 3.63) is 59.9 Å². The summed E-state index contributed by atoms with van der Waals surface area (Å²) < 4.78 is 10.3. The van der Waals surface area contributed by atoms with E-state index in [-0.39, 0.29) is 42.3 Å². The zero-order valence-electron chi connectivity index (χ0n) is 16.3. The van der Waals surface area contributed by atoms with Crippen molar-refractivity contribution in [2.24, 2.45) is 0 Å². The van der Waals surface area contributed by atoms with E-state index in [1.807, 2.05) is 6.07 Å². The van der Waals surface area contributed by atoms with Gasteiger partial charge in [-0.3, -0.25) is 9.78 Å². The Morgan fingerprint density at radius 3 is 2.97 bits per heavy atom. The summed E-state index contributed by atoms with van der Waals surface area (Å²) in [5.41, 5.74) is 1.75. The predicted molar refractivity (Wildman–Crippen MR) is 106 cm³/mol. The first-order chi connectivity index (χ1) is 14.5. The van der Waals surface area contributed by atoms with Crippen LogP contribution in [-0.4, -0.2) is 58.1 Å². The smallest absolute Gasteiger partial charge is 0.416 e. The number of aliphatic hydroxyl groups excluding tert-OH is 1. The lowest BCUT2D eigenvalue weighted by molar-refractivity contribution is 0.0294. The van der Waals surface area contributed by atoms with Gasteiger partial charge in [0.05, 0.1) is 24.4 Å². The molecule has 2 aromatic rings. The second-order valence-corrected chi connectivity index (χ2v) is 7.00. The molecule has 0 saturated heterocycles. The summed E-state index contributed by atoms with van der Waals surface area (Å²) in [5, 5.41) is 21.5. The fraction of sp³-hybridized carbons (Fsp3) is 0.286. The van der Waals surface area contributed by atoms with Crippen LogP contribution in [0, 0.1) is 0 Å². The number of rotatable bonds is 3. The minimum Gasteiger partial charge on any atom is -0.504 e. The van der Waals surface area contributed by atoms with Crippen LogP contribution in [0.4, 0.5) is 10.5 Å². The molecule has 3 heterocycles. The molecule has 0 bridgehead atoms. The number of fused-ring (bicyclic) bond motifs is 3. The Kier molecular flexibility index (Phi) is 5.04. The number of amides is 2. The molecule has 2 aliphatic rings. The van der Waals surface area contributed by atoms with Crippen LogP contribution in [0.1, 0.15) is 21.6 Å². The van der Waals surface area contributed by atoms with Crippen molar-refractivity contribution in [3.63, 3.8) is 0 Å². The lowest BCUT2D eigenvalue weighted by atomic mass is 9.97. The summed E-state index contributed by atoms with van der Waals surface area (Å²) in [7, 11) is 1.36. The van der Waals surface area contributed by atoms with E-state index in [1.165, 1.54) is 30.2 Å². The maximum absolute atomic E-state index is 13.5. The molecule has 0 radical (unpaired) electrons. The van der Waals surface area contributed by atoms with Crippen LogP contribution in [0.5, 0.6) is 11.5 Å². The molecule has 30 heavy (non-hydrogen) atoms. The number of pyridine rings is 1. The molecule has 2 atom stereocenters. The SMILES string of the molecule is C=CCOC(=O)N1c2cc(O)c(OC)cc2C(=O)N2Cc3cccnc3C[C@H]2C1O. The minimum atomic E-state index is -1.42. The summed E-state index contributed by atoms with van der Waals surface area (Å²) >= 11 is 0. The van der Waals surface area contributed by atoms with Crippen molar-refractivity contribution in [2.75, 3.05) is 18.6 Å². The number of phenolic OH excluding ortho intramolecular Hbond substituents is 1. The third-order valence-electron chi connectivity index (χ3n) is 5.31. The van der Waals surface area contributed by atoms with Crippen molar-refractivity contribution in [3.8, 4) is 11.5 Å². The fourth-order valence-electron chi connectivity index (χ4n) is 3.86. The van der Waals surface area contributed by atoms with E-state index in [0.29, 0.717) is 0 Å². The molecule has 4 rings (SSSR count). The number of ether oxygens (including phenoxy) is 2. The highest BCUT2D eigenvalue weighted by molar-refractivity contribution is 6.06. The molecule has 2 amide bonds. The van der Waals surface area contributed by atoms with Gasteiger partial charge in [0, 0.05) is 30.9 Å². The molecule has 0 saturated carbocycles. The number of hydrogen-bond donors (Lipinski definition) is 2. The van der Waals surface area contributed by atoms with Crippen molar-refractivity contribution in [1.29, 1.82) is 0 Å². The van der Waals surface area contributed by atoms with Gasteiger partial charge in [0.15, 0.2) is 17.7 Å². The first-order valence-corrected chi connectivity index (χ1v) is 9.36. The Morgan fingerprint density at radius 1 is 1.43 bits per heavy atom. The first kappa shape index (κ1) is 19.7. The zero-order valence-corrected chi connectivity index (χ0v) is 16.3. The Bertz CT molecular complexity index is 1020. The first-order valence-electron chi connectivity index (χ1n) is 9.36. The van der Waals surface area contributed by atoms with Gasteiger partial charge in [-0.15, -0.1) is 0 Å². The van der Waals surface area contributed by atoms with E-state index in [4.69, 9.17) is 9.47 Å². The number of aromatic hydroxyl groups is 1. The maximum atomic E-state index is 13.5. The van der Waals surface area contributed by atoms with Crippen molar-refractivity contribution >= 4 is 17.7 Å². The molecular weight excluding hydrogens is 390 g/mol. The monoisotopic (exact) mass is 411 g/mol. The van der Waals surface area contributed by atoms with Gasteiger partial charge < -0.3 is 24.6 Å². The van der Waals surface area contributed by atoms with Gasteiger partial charge in [-0.25, -0.2) is 9.69 Å². The quantitative estimate of drug-likeness (QED) is 0.741. The van der Waals surface area contributed by atoms with Gasteiger partial charge in [-0.1, -0.05) is 18.7 Å². The number of phenols is 1. The normalized spacial score (nSPS) is 19.9. The molecule has 0 aliphatic carbocycles. The third kappa shape index (κ3) is 3.13. The van der Waals surface area contributed by atoms with Gasteiger partial charge in [0.25, 0.3) is 5.91 Å². The molecular formula is C21H21N3O6. The van der Waals surface area contributed by atoms with Gasteiger partial charge in [-0.05, 0) is 17.7 Å². The highest BCUT2D eigenvalue weighted by atomic mass is 16.6. The predicted octanol–water partition coefficient (Wildman–Crippen LogP) is 1.82. The second-order valence-electron chi connectivity index (χ2n) is 7.00. The summed E-state index contributed by atoms with van der Waals surface area (Å²) in [6.07, 6.45) is 1.01. The third-order valence-corrected chi connectivity index (χ3v) is 5.31. The highest BCUT2D eigenvalue weighted by Gasteiger charge is 2.45. The van der Waals surface area contributed by atoms with Crippen LogP contribution in [0.15, 0.2) is 43.1 Å². The average Bonchev–Trinajstić information content (AvgIpc) is 2.83. The fourth-order valence-corrected chi connectivity index (χ4v) is 3.86. The van der Waals surface area contributed by atoms with Crippen LogP contribution in [0.25, 0.3) is 0 Å². The van der Waals surface area contributed by atoms with Crippen LogP contribution >= 0.6 is 0 Å². The summed E-state index contributed by atoms with van der Waals surface area (Å²) in [5.74, 6) is -0.600. The number of carbonyl (C=O) groups is 2. The number of carbonyl (C=O) groups excluding carboxylic acids is 2. The molecule has 2 aliphatic heterocycles. The minimum absolute atomic E-state index is 0.0336. The van der Waals surface area contributed by atoms with Crippen LogP contribution < -0.4 is 9.64 Å². The largest absolute Gasteiger partial charge is 0.504 e. The van der Waals surface area contributed by atoms with E-state index < -0.39 is 24.3 Å². The molecule has 0 spiro atoms. The molecule has 1 unspecified atom stereocenters. The Hall–Kier alpha value is -3.59. The van der Waals surface area contributed by atoms with E-state index in [1.54, 1.807) is 12.3 Å². The Labute approximate surface area is 172 Å². The van der Waals surface area contributed by atoms with Crippen molar-refractivity contribution in [2.45, 2.75) is 25.2 Å². The summed E-state index contributed by atoms with van der Waals surface area (Å²) in [4.78, 5) is 33.1. The number of methoxy groups -OCH3 is 1. The average molecular weight is 411 g/mol. The molecule has 156 valence electrons. The van der Waals surface area contributed by atoms with E-state index in [0.717, 1.165) is 16.2 Å². The van der Waals surface area contributed by atoms with Gasteiger partial charge >= 0.3 is 6.09 Å². The summed E-state index contributed by atoms with van der Waals surface area (Å²) in [6, 6.07) is 5.48. The molecule has 9 heteroatoms. The Morgan fingerprint density at radius 2 is 2.23 bits per heavy atom. The molecule has 1 aromatic carbocycles. The second kappa shape index (κ2) is 7.68. The standard InChI is InChI=1S/C21H21N3O6/c1-3-7-30-21(28)24-15-10-17(25)18(29-2)8-13(15)19(26)23-11-12-5-4-6-22-14(12)9-16(23)20(24)27/h3-6,8,10,16,20,25,27H,1,7,9,11H2,2H3/t16-,20?/m0/s1. The molecule has 2 N–H and O–H groups in total. The maximum Gasteiger partial charge on any atom is 0.416 e. The van der Waals surface area contributed by atoms with Gasteiger partial charge in [-0.2, -0.15) is 0 Å². The van der Waals surface area contributed by atoms with Crippen molar-refractivity contribution in [1.82, 2.24) is 9.88 Å². The molecule has 1 aromatic heterocycles. The molecule has 0 fully saturated rings. The lowest BCUT2D eigenvalue weighted by Gasteiger charge is -2.39. The van der Waals surface area contributed by atoms with Crippen molar-refractivity contribution < 1.29 is 29.3 Å². The number of aliphatic hydroxyl groups is 1. The van der Waals surface area contributed by atoms with Crippen LogP contribution in [0.2, 0.25) is 0 Å². The lowest BCUT2D eigenvalue weighted by Crippen LogP contribution is -2.55. The number of nitrogens with zero attached hydrogens (tertiary/aromatic N) is 3. The Balaban J connectivity index is 1.87. The topological polar surface area (TPSA) is 112 Å². The van der Waals surface area contributed by atoms with E-state index >= 15 is 0 Å². The van der Waals surface area contributed by atoms with Crippen LogP contribution in [-0.2, 0) is 17.7 Å². The van der Waals surface area contributed by atoms with Crippen LogP contribution in [0.3, 0.4) is 0 Å².